The average molecular weight is 556 g/mol. The number of aromatic nitrogens is 1. The molecule has 1 aromatic heterocycles. The largest absolute Gasteiger partial charge is 0.505 e. The van der Waals surface area contributed by atoms with Gasteiger partial charge in [0, 0.05) is 60.2 Å². The lowest BCUT2D eigenvalue weighted by Crippen LogP contribution is -2.30. The SMILES string of the molecule is COc1ccc(C(CC(=O)NCc2c3c(c(OC)c4c2OCO4)CN(C)CC3)c2ccc3cccnc3c2O)cc1. The summed E-state index contributed by atoms with van der Waals surface area (Å²) >= 11 is 0. The molecular formula is C32H33N3O6. The van der Waals surface area contributed by atoms with Gasteiger partial charge in [-0.25, -0.2) is 0 Å². The van der Waals surface area contributed by atoms with Gasteiger partial charge in [0.1, 0.15) is 17.0 Å². The molecule has 9 nitrogen and oxygen atoms in total. The third-order valence-corrected chi connectivity index (χ3v) is 8.00. The van der Waals surface area contributed by atoms with Crippen LogP contribution in [-0.4, -0.2) is 55.5 Å². The van der Waals surface area contributed by atoms with Crippen LogP contribution in [0.15, 0.2) is 54.7 Å². The first-order chi connectivity index (χ1) is 20.0. The van der Waals surface area contributed by atoms with E-state index in [0.717, 1.165) is 47.2 Å². The summed E-state index contributed by atoms with van der Waals surface area (Å²) in [5, 5.41) is 15.2. The molecule has 0 saturated carbocycles. The fourth-order valence-electron chi connectivity index (χ4n) is 5.90. The highest BCUT2D eigenvalue weighted by atomic mass is 16.7. The van der Waals surface area contributed by atoms with Gasteiger partial charge in [-0.1, -0.05) is 30.3 Å². The van der Waals surface area contributed by atoms with Crippen molar-refractivity contribution in [3.05, 3.63) is 82.5 Å². The monoisotopic (exact) mass is 555 g/mol. The Morgan fingerprint density at radius 2 is 1.88 bits per heavy atom. The number of likely N-dealkylation sites (N-methyl/N-ethyl adjacent to an activating group) is 1. The first-order valence-corrected chi connectivity index (χ1v) is 13.6. The van der Waals surface area contributed by atoms with Crippen molar-refractivity contribution in [2.75, 3.05) is 34.6 Å². The molecule has 2 N–H and O–H groups in total. The van der Waals surface area contributed by atoms with Crippen molar-refractivity contribution in [2.24, 2.45) is 0 Å². The number of phenolic OH excluding ortho intramolecular Hbond substituents is 1. The number of pyridine rings is 1. The van der Waals surface area contributed by atoms with Crippen molar-refractivity contribution in [3.63, 3.8) is 0 Å². The highest BCUT2D eigenvalue weighted by Crippen LogP contribution is 2.49. The third-order valence-electron chi connectivity index (χ3n) is 8.00. The van der Waals surface area contributed by atoms with Crippen LogP contribution in [0.5, 0.6) is 28.7 Å². The first-order valence-electron chi connectivity index (χ1n) is 13.6. The third kappa shape index (κ3) is 4.97. The Labute approximate surface area is 238 Å². The van der Waals surface area contributed by atoms with Gasteiger partial charge in [0.05, 0.1) is 14.2 Å². The minimum absolute atomic E-state index is 0.0773. The van der Waals surface area contributed by atoms with Crippen molar-refractivity contribution < 1.29 is 28.8 Å². The summed E-state index contributed by atoms with van der Waals surface area (Å²) in [6.45, 7) is 2.03. The molecule has 3 heterocycles. The van der Waals surface area contributed by atoms with E-state index in [2.05, 4.69) is 22.2 Å². The zero-order valence-electron chi connectivity index (χ0n) is 23.4. The number of carbonyl (C=O) groups is 1. The van der Waals surface area contributed by atoms with E-state index in [1.807, 2.05) is 48.5 Å². The Morgan fingerprint density at radius 3 is 2.66 bits per heavy atom. The van der Waals surface area contributed by atoms with Crippen molar-refractivity contribution in [3.8, 4) is 28.7 Å². The lowest BCUT2D eigenvalue weighted by Gasteiger charge is -2.29. The summed E-state index contributed by atoms with van der Waals surface area (Å²) in [4.78, 5) is 20.2. The van der Waals surface area contributed by atoms with E-state index >= 15 is 0 Å². The molecule has 9 heteroatoms. The summed E-state index contributed by atoms with van der Waals surface area (Å²) in [7, 11) is 5.33. The van der Waals surface area contributed by atoms with Crippen molar-refractivity contribution in [2.45, 2.75) is 31.8 Å². The predicted octanol–water partition coefficient (Wildman–Crippen LogP) is 4.51. The minimum atomic E-state index is -0.406. The van der Waals surface area contributed by atoms with Crippen molar-refractivity contribution >= 4 is 16.8 Å². The number of carbonyl (C=O) groups excluding carboxylic acids is 1. The number of hydrogen-bond acceptors (Lipinski definition) is 8. The second-order valence-corrected chi connectivity index (χ2v) is 10.4. The molecule has 0 bridgehead atoms. The molecule has 0 aliphatic carbocycles. The summed E-state index contributed by atoms with van der Waals surface area (Å²) in [5.41, 5.74) is 5.15. The van der Waals surface area contributed by atoms with Gasteiger partial charge in [-0.05, 0) is 42.8 Å². The second kappa shape index (κ2) is 11.2. The van der Waals surface area contributed by atoms with Crippen LogP contribution in [0.3, 0.4) is 0 Å². The lowest BCUT2D eigenvalue weighted by atomic mass is 9.86. The number of aromatic hydroxyl groups is 1. The molecule has 41 heavy (non-hydrogen) atoms. The molecule has 0 spiro atoms. The number of benzene rings is 3. The van der Waals surface area contributed by atoms with E-state index in [-0.39, 0.29) is 24.9 Å². The normalized spacial score (nSPS) is 14.9. The molecule has 212 valence electrons. The van der Waals surface area contributed by atoms with E-state index in [9.17, 15) is 9.90 Å². The lowest BCUT2D eigenvalue weighted by molar-refractivity contribution is -0.121. The summed E-state index contributed by atoms with van der Waals surface area (Å²) in [5.74, 6) is 2.16. The van der Waals surface area contributed by atoms with Crippen LogP contribution in [0.1, 0.15) is 40.2 Å². The molecular weight excluding hydrogens is 522 g/mol. The zero-order chi connectivity index (χ0) is 28.5. The molecule has 1 atom stereocenters. The number of amides is 1. The van der Waals surface area contributed by atoms with Gasteiger partial charge >= 0.3 is 0 Å². The average Bonchev–Trinajstić information content (AvgIpc) is 3.48. The van der Waals surface area contributed by atoms with Crippen LogP contribution < -0.4 is 24.3 Å². The highest BCUT2D eigenvalue weighted by molar-refractivity contribution is 5.86. The maximum Gasteiger partial charge on any atom is 0.231 e. The smallest absolute Gasteiger partial charge is 0.231 e. The number of rotatable bonds is 8. The molecule has 2 aliphatic heterocycles. The molecule has 1 unspecified atom stereocenters. The number of fused-ring (bicyclic) bond motifs is 3. The van der Waals surface area contributed by atoms with Crippen LogP contribution in [0.2, 0.25) is 0 Å². The Bertz CT molecular complexity index is 1600. The molecule has 2 aliphatic rings. The van der Waals surface area contributed by atoms with Gasteiger partial charge in [-0.2, -0.15) is 0 Å². The summed E-state index contributed by atoms with van der Waals surface area (Å²) in [6, 6.07) is 15.1. The van der Waals surface area contributed by atoms with Gasteiger partial charge in [-0.15, -0.1) is 0 Å². The molecule has 3 aromatic carbocycles. The van der Waals surface area contributed by atoms with Crippen LogP contribution in [-0.2, 0) is 24.3 Å². The standard InChI is InChI=1S/C32H33N3O6/c1-35-14-12-22-25(31-32(41-18-40-31)30(39-3)26(22)17-35)16-34-27(36)15-24(19-6-9-21(38-2)10-7-19)23-11-8-20-5-4-13-33-28(20)29(23)37/h4-11,13,24,37H,12,14-18H2,1-3H3,(H,34,36). The summed E-state index contributed by atoms with van der Waals surface area (Å²) < 4.78 is 22.7. The molecule has 1 amide bonds. The van der Waals surface area contributed by atoms with Crippen molar-refractivity contribution in [1.29, 1.82) is 0 Å². The fourth-order valence-corrected chi connectivity index (χ4v) is 5.90. The van der Waals surface area contributed by atoms with Crippen LogP contribution >= 0.6 is 0 Å². The van der Waals surface area contributed by atoms with E-state index in [1.54, 1.807) is 20.4 Å². The summed E-state index contributed by atoms with van der Waals surface area (Å²) in [6.07, 6.45) is 2.59. The van der Waals surface area contributed by atoms with Crippen LogP contribution in [0.4, 0.5) is 0 Å². The van der Waals surface area contributed by atoms with Gasteiger partial charge in [-0.3, -0.25) is 9.78 Å². The zero-order valence-corrected chi connectivity index (χ0v) is 23.4. The Balaban J connectivity index is 1.31. The van der Waals surface area contributed by atoms with Gasteiger partial charge in [0.2, 0.25) is 18.4 Å². The van der Waals surface area contributed by atoms with Gasteiger partial charge < -0.3 is 34.3 Å². The predicted molar refractivity (Wildman–Crippen MR) is 154 cm³/mol. The van der Waals surface area contributed by atoms with Crippen LogP contribution in [0.25, 0.3) is 10.9 Å². The number of nitrogens with zero attached hydrogens (tertiary/aromatic N) is 2. The van der Waals surface area contributed by atoms with Crippen molar-refractivity contribution in [1.82, 2.24) is 15.2 Å². The van der Waals surface area contributed by atoms with E-state index < -0.39 is 5.92 Å². The number of ether oxygens (including phenoxy) is 4. The van der Waals surface area contributed by atoms with Crippen LogP contribution in [0, 0.1) is 0 Å². The topological polar surface area (TPSA) is 102 Å². The Hall–Kier alpha value is -4.50. The number of hydrogen-bond donors (Lipinski definition) is 2. The number of nitrogens with one attached hydrogen (secondary N) is 1. The minimum Gasteiger partial charge on any atom is -0.505 e. The highest BCUT2D eigenvalue weighted by Gasteiger charge is 2.33. The van der Waals surface area contributed by atoms with Gasteiger partial charge in [0.15, 0.2) is 11.5 Å². The molecule has 4 aromatic rings. The first kappa shape index (κ1) is 26.7. The quantitative estimate of drug-likeness (QED) is 0.328. The van der Waals surface area contributed by atoms with Gasteiger partial charge in [0.25, 0.3) is 0 Å². The molecule has 0 fully saturated rings. The Kier molecular flexibility index (Phi) is 7.28. The maximum atomic E-state index is 13.6. The maximum absolute atomic E-state index is 13.6. The molecule has 6 rings (SSSR count). The molecule has 0 radical (unpaired) electrons. The fraction of sp³-hybridized carbons (Fsp3) is 0.312. The van der Waals surface area contributed by atoms with E-state index in [1.165, 1.54) is 0 Å². The Morgan fingerprint density at radius 1 is 1.07 bits per heavy atom. The number of phenols is 1. The molecule has 0 saturated heterocycles. The van der Waals surface area contributed by atoms with E-state index in [4.69, 9.17) is 18.9 Å². The second-order valence-electron chi connectivity index (χ2n) is 10.4. The van der Waals surface area contributed by atoms with E-state index in [0.29, 0.717) is 40.6 Å². The number of methoxy groups -OCH3 is 2.